The number of fused-ring (bicyclic) bond motifs is 1. The maximum absolute atomic E-state index is 12.3. The lowest BCUT2D eigenvalue weighted by Crippen LogP contribution is -2.39. The van der Waals surface area contributed by atoms with Crippen LogP contribution in [0.25, 0.3) is 0 Å². The average molecular weight is 503 g/mol. The normalized spacial score (nSPS) is 13.3. The van der Waals surface area contributed by atoms with Gasteiger partial charge in [-0.25, -0.2) is 18.5 Å². The topological polar surface area (TPSA) is 140 Å². The Kier molecular flexibility index (Phi) is 6.60. The number of hydrogen-bond acceptors (Lipinski definition) is 8. The summed E-state index contributed by atoms with van der Waals surface area (Å²) in [5.74, 6) is 1.04. The molecule has 12 heteroatoms. The molecule has 178 valence electrons. The van der Waals surface area contributed by atoms with Gasteiger partial charge in [0.1, 0.15) is 10.8 Å². The third-order valence-electron chi connectivity index (χ3n) is 5.11. The third kappa shape index (κ3) is 5.06. The summed E-state index contributed by atoms with van der Waals surface area (Å²) < 4.78 is 29.1. The van der Waals surface area contributed by atoms with Gasteiger partial charge in [-0.05, 0) is 49.2 Å². The highest BCUT2D eigenvalue weighted by atomic mass is 35.5. The second-order valence-corrected chi connectivity index (χ2v) is 9.62. The zero-order valence-electron chi connectivity index (χ0n) is 18.5. The standard InChI is InChI=1S/C22H23ClN6O4S/c1-3-8-29-17-9-14(6-7-18(17)33-12-20(29)30)26-21-16(23)11-25-22(28-21)27-15-5-4-13(2)19(10-15)34(24,31)32/h4-7,9-11H,3,8,12H2,1-2H3,(H2,24,31,32)(H2,25,26,27,28). The number of carbonyl (C=O) groups is 1. The van der Waals surface area contributed by atoms with E-state index in [0.29, 0.717) is 40.7 Å². The van der Waals surface area contributed by atoms with E-state index in [1.165, 1.54) is 12.3 Å². The maximum Gasteiger partial charge on any atom is 0.265 e. The zero-order chi connectivity index (χ0) is 24.5. The van der Waals surface area contributed by atoms with Crippen molar-refractivity contribution in [3.8, 4) is 5.75 Å². The van der Waals surface area contributed by atoms with Crippen LogP contribution in [0, 0.1) is 6.92 Å². The summed E-state index contributed by atoms with van der Waals surface area (Å²) >= 11 is 6.30. The molecule has 4 rings (SSSR count). The van der Waals surface area contributed by atoms with E-state index in [2.05, 4.69) is 20.6 Å². The summed E-state index contributed by atoms with van der Waals surface area (Å²) in [5.41, 5.74) is 2.29. The highest BCUT2D eigenvalue weighted by molar-refractivity contribution is 7.89. The van der Waals surface area contributed by atoms with Crippen LogP contribution in [0.5, 0.6) is 5.75 Å². The van der Waals surface area contributed by atoms with Crippen LogP contribution in [-0.2, 0) is 14.8 Å². The lowest BCUT2D eigenvalue weighted by molar-refractivity contribution is -0.121. The van der Waals surface area contributed by atoms with E-state index in [0.717, 1.165) is 6.42 Å². The number of carbonyl (C=O) groups excluding carboxylic acids is 1. The number of benzene rings is 2. The first-order valence-electron chi connectivity index (χ1n) is 10.4. The van der Waals surface area contributed by atoms with Crippen molar-refractivity contribution in [3.63, 3.8) is 0 Å². The number of nitrogens with zero attached hydrogens (tertiary/aromatic N) is 3. The van der Waals surface area contributed by atoms with Gasteiger partial charge in [0.15, 0.2) is 12.4 Å². The fraction of sp³-hybridized carbons (Fsp3) is 0.227. The zero-order valence-corrected chi connectivity index (χ0v) is 20.1. The molecule has 1 aromatic heterocycles. The van der Waals surface area contributed by atoms with E-state index in [1.54, 1.807) is 42.2 Å². The Hall–Kier alpha value is -3.41. The molecular weight excluding hydrogens is 480 g/mol. The maximum atomic E-state index is 12.3. The van der Waals surface area contributed by atoms with Gasteiger partial charge in [0.05, 0.1) is 16.8 Å². The van der Waals surface area contributed by atoms with Crippen molar-refractivity contribution >= 4 is 56.4 Å². The summed E-state index contributed by atoms with van der Waals surface area (Å²) in [6, 6.07) is 10.1. The summed E-state index contributed by atoms with van der Waals surface area (Å²) in [6.45, 7) is 4.25. The summed E-state index contributed by atoms with van der Waals surface area (Å²) in [4.78, 5) is 22.5. The number of amides is 1. The van der Waals surface area contributed by atoms with Crippen LogP contribution in [0.1, 0.15) is 18.9 Å². The fourth-order valence-electron chi connectivity index (χ4n) is 3.51. The lowest BCUT2D eigenvalue weighted by Gasteiger charge is -2.29. The van der Waals surface area contributed by atoms with Crippen LogP contribution >= 0.6 is 11.6 Å². The van der Waals surface area contributed by atoms with Crippen LogP contribution in [0.3, 0.4) is 0 Å². The number of rotatable bonds is 7. The van der Waals surface area contributed by atoms with Crippen molar-refractivity contribution in [3.05, 3.63) is 53.2 Å². The molecule has 10 nitrogen and oxygen atoms in total. The van der Waals surface area contributed by atoms with Gasteiger partial charge in [-0.2, -0.15) is 4.98 Å². The molecule has 0 radical (unpaired) electrons. The van der Waals surface area contributed by atoms with Crippen molar-refractivity contribution in [2.45, 2.75) is 25.2 Å². The second kappa shape index (κ2) is 9.45. The fourth-order valence-corrected chi connectivity index (χ4v) is 4.46. The van der Waals surface area contributed by atoms with Crippen LogP contribution in [0.4, 0.5) is 28.8 Å². The molecular formula is C22H23ClN6O4S. The lowest BCUT2D eigenvalue weighted by atomic mass is 10.2. The number of hydrogen-bond donors (Lipinski definition) is 3. The number of sulfonamides is 1. The number of anilines is 5. The molecule has 0 bridgehead atoms. The molecule has 0 saturated carbocycles. The Morgan fingerprint density at radius 3 is 2.65 bits per heavy atom. The number of aryl methyl sites for hydroxylation is 1. The minimum atomic E-state index is -3.88. The van der Waals surface area contributed by atoms with E-state index in [1.807, 2.05) is 6.92 Å². The smallest absolute Gasteiger partial charge is 0.265 e. The Bertz CT molecular complexity index is 1370. The second-order valence-electron chi connectivity index (χ2n) is 7.68. The number of halogens is 1. The van der Waals surface area contributed by atoms with Crippen molar-refractivity contribution < 1.29 is 17.9 Å². The van der Waals surface area contributed by atoms with Crippen molar-refractivity contribution in [2.75, 3.05) is 28.7 Å². The molecule has 0 saturated heterocycles. The average Bonchev–Trinajstić information content (AvgIpc) is 2.78. The Labute approximate surface area is 202 Å². The SMILES string of the molecule is CCCN1C(=O)COc2ccc(Nc3nc(Nc4ccc(C)c(S(N)(=O)=O)c4)ncc3Cl)cc21. The van der Waals surface area contributed by atoms with E-state index in [9.17, 15) is 13.2 Å². The molecule has 0 atom stereocenters. The Balaban J connectivity index is 1.60. The minimum absolute atomic E-state index is 0.00673. The molecule has 1 aliphatic heterocycles. The molecule has 0 fully saturated rings. The quantitative estimate of drug-likeness (QED) is 0.444. The van der Waals surface area contributed by atoms with E-state index in [4.69, 9.17) is 21.5 Å². The van der Waals surface area contributed by atoms with Gasteiger partial charge >= 0.3 is 0 Å². The number of primary sulfonamides is 1. The van der Waals surface area contributed by atoms with Gasteiger partial charge in [-0.15, -0.1) is 0 Å². The van der Waals surface area contributed by atoms with E-state index in [-0.39, 0.29) is 28.4 Å². The van der Waals surface area contributed by atoms with Gasteiger partial charge in [0, 0.05) is 17.9 Å². The first kappa shape index (κ1) is 23.7. The monoisotopic (exact) mass is 502 g/mol. The highest BCUT2D eigenvalue weighted by Gasteiger charge is 2.25. The highest BCUT2D eigenvalue weighted by Crippen LogP contribution is 2.36. The van der Waals surface area contributed by atoms with Crippen LogP contribution < -0.4 is 25.4 Å². The Morgan fingerprint density at radius 2 is 1.91 bits per heavy atom. The molecule has 1 amide bonds. The van der Waals surface area contributed by atoms with Gasteiger partial charge in [-0.3, -0.25) is 4.79 Å². The van der Waals surface area contributed by atoms with E-state index < -0.39 is 10.0 Å². The first-order valence-corrected chi connectivity index (χ1v) is 12.4. The number of ether oxygens (including phenoxy) is 1. The number of aromatic nitrogens is 2. The molecule has 2 aromatic carbocycles. The van der Waals surface area contributed by atoms with Gasteiger partial charge < -0.3 is 20.3 Å². The largest absolute Gasteiger partial charge is 0.482 e. The molecule has 1 aliphatic rings. The van der Waals surface area contributed by atoms with Crippen LogP contribution in [0.2, 0.25) is 5.02 Å². The third-order valence-corrected chi connectivity index (χ3v) is 6.44. The van der Waals surface area contributed by atoms with Crippen molar-refractivity contribution in [1.29, 1.82) is 0 Å². The molecule has 34 heavy (non-hydrogen) atoms. The Morgan fingerprint density at radius 1 is 1.18 bits per heavy atom. The predicted molar refractivity (Wildman–Crippen MR) is 131 cm³/mol. The summed E-state index contributed by atoms with van der Waals surface area (Å²) in [7, 11) is -3.88. The molecule has 2 heterocycles. The van der Waals surface area contributed by atoms with E-state index >= 15 is 0 Å². The predicted octanol–water partition coefficient (Wildman–Crippen LogP) is 3.71. The summed E-state index contributed by atoms with van der Waals surface area (Å²) in [6.07, 6.45) is 2.23. The first-order chi connectivity index (χ1) is 16.2. The van der Waals surface area contributed by atoms with Gasteiger partial charge in [0.25, 0.3) is 5.91 Å². The van der Waals surface area contributed by atoms with Crippen LogP contribution in [0.15, 0.2) is 47.5 Å². The summed E-state index contributed by atoms with van der Waals surface area (Å²) in [5, 5.41) is 11.7. The van der Waals surface area contributed by atoms with Gasteiger partial charge in [0.2, 0.25) is 16.0 Å². The molecule has 0 aliphatic carbocycles. The van der Waals surface area contributed by atoms with Crippen molar-refractivity contribution in [1.82, 2.24) is 9.97 Å². The molecule has 4 N–H and O–H groups in total. The van der Waals surface area contributed by atoms with Crippen molar-refractivity contribution in [2.24, 2.45) is 5.14 Å². The van der Waals surface area contributed by atoms with Crippen LogP contribution in [-0.4, -0.2) is 37.4 Å². The number of nitrogens with one attached hydrogen (secondary N) is 2. The molecule has 0 unspecified atom stereocenters. The number of nitrogens with two attached hydrogens (primary N) is 1. The molecule has 0 spiro atoms. The van der Waals surface area contributed by atoms with Gasteiger partial charge in [-0.1, -0.05) is 24.6 Å². The molecule has 3 aromatic rings. The minimum Gasteiger partial charge on any atom is -0.482 e.